The Labute approximate surface area is 128 Å². The number of nitrogens with two attached hydrogens (primary N) is 1. The highest BCUT2D eigenvalue weighted by atomic mass is 32.2. The van der Waals surface area contributed by atoms with Crippen molar-refractivity contribution in [2.24, 2.45) is 5.73 Å². The molecule has 0 aliphatic carbocycles. The van der Waals surface area contributed by atoms with E-state index in [1.807, 2.05) is 6.92 Å². The fraction of sp³-hybridized carbons (Fsp3) is 0.429. The number of amides is 1. The molecule has 1 atom stereocenters. The number of anilines is 1. The van der Waals surface area contributed by atoms with Gasteiger partial charge in [-0.3, -0.25) is 9.59 Å². The Morgan fingerprint density at radius 2 is 2.00 bits per heavy atom. The van der Waals surface area contributed by atoms with Gasteiger partial charge in [0.15, 0.2) is 0 Å². The highest BCUT2D eigenvalue weighted by Crippen LogP contribution is 2.16. The first kappa shape index (κ1) is 17.3. The predicted octanol–water partition coefficient (Wildman–Crippen LogP) is 1.26. The number of esters is 1. The van der Waals surface area contributed by atoms with E-state index in [4.69, 9.17) is 10.5 Å². The molecule has 6 nitrogen and oxygen atoms in total. The van der Waals surface area contributed by atoms with Gasteiger partial charge in [-0.25, -0.2) is 0 Å². The van der Waals surface area contributed by atoms with Crippen LogP contribution in [0.3, 0.4) is 0 Å². The summed E-state index contributed by atoms with van der Waals surface area (Å²) in [4.78, 5) is 22.8. The summed E-state index contributed by atoms with van der Waals surface area (Å²) in [6, 6.07) is 6.42. The number of carbonyl (C=O) groups is 2. The Balaban J connectivity index is 2.31. The highest BCUT2D eigenvalue weighted by Gasteiger charge is 2.14. The maximum atomic E-state index is 11.7. The van der Waals surface area contributed by atoms with Gasteiger partial charge in [0.05, 0.1) is 19.5 Å². The van der Waals surface area contributed by atoms with Crippen LogP contribution in [-0.4, -0.2) is 43.1 Å². The Hall–Kier alpha value is -1.73. The van der Waals surface area contributed by atoms with Crippen LogP contribution in [0.2, 0.25) is 0 Å². The molecule has 1 aromatic rings. The lowest BCUT2D eigenvalue weighted by atomic mass is 10.3. The Morgan fingerprint density at radius 1 is 1.33 bits per heavy atom. The molecule has 0 aliphatic rings. The van der Waals surface area contributed by atoms with Crippen molar-refractivity contribution in [1.82, 2.24) is 0 Å². The second kappa shape index (κ2) is 9.25. The fourth-order valence-corrected chi connectivity index (χ4v) is 2.26. The van der Waals surface area contributed by atoms with Crippen LogP contribution in [0.5, 0.6) is 5.75 Å². The predicted molar refractivity (Wildman–Crippen MR) is 83.6 cm³/mol. The molecule has 0 bridgehead atoms. The van der Waals surface area contributed by atoms with Crippen molar-refractivity contribution in [2.45, 2.75) is 13.0 Å². The van der Waals surface area contributed by atoms with Crippen LogP contribution in [0.1, 0.15) is 6.92 Å². The van der Waals surface area contributed by atoms with E-state index in [0.29, 0.717) is 18.0 Å². The van der Waals surface area contributed by atoms with Gasteiger partial charge in [0.1, 0.15) is 11.8 Å². The minimum Gasteiger partial charge on any atom is -0.494 e. The van der Waals surface area contributed by atoms with E-state index in [-0.39, 0.29) is 11.7 Å². The number of thioether (sulfide) groups is 1. The largest absolute Gasteiger partial charge is 0.494 e. The smallest absolute Gasteiger partial charge is 0.323 e. The van der Waals surface area contributed by atoms with Gasteiger partial charge >= 0.3 is 5.97 Å². The first-order valence-corrected chi connectivity index (χ1v) is 7.66. The summed E-state index contributed by atoms with van der Waals surface area (Å²) in [6.07, 6.45) is 0. The molecule has 0 saturated heterocycles. The number of benzene rings is 1. The molecule has 0 aliphatic heterocycles. The number of hydrogen-bond donors (Lipinski definition) is 2. The third-order valence-electron chi connectivity index (χ3n) is 2.48. The fourth-order valence-electron chi connectivity index (χ4n) is 1.50. The third kappa shape index (κ3) is 6.50. The number of methoxy groups -OCH3 is 1. The van der Waals surface area contributed by atoms with Crippen molar-refractivity contribution in [3.8, 4) is 5.75 Å². The summed E-state index contributed by atoms with van der Waals surface area (Å²) in [5.41, 5.74) is 6.27. The molecular weight excluding hydrogens is 292 g/mol. The maximum Gasteiger partial charge on any atom is 0.323 e. The van der Waals surface area contributed by atoms with Gasteiger partial charge in [0.2, 0.25) is 5.91 Å². The maximum absolute atomic E-state index is 11.7. The van der Waals surface area contributed by atoms with E-state index in [1.165, 1.54) is 18.9 Å². The van der Waals surface area contributed by atoms with E-state index in [1.54, 1.807) is 24.3 Å². The molecular formula is C14H20N2O4S. The van der Waals surface area contributed by atoms with E-state index in [2.05, 4.69) is 10.1 Å². The Morgan fingerprint density at radius 3 is 2.57 bits per heavy atom. The summed E-state index contributed by atoms with van der Waals surface area (Å²) < 4.78 is 9.82. The molecule has 7 heteroatoms. The monoisotopic (exact) mass is 312 g/mol. The lowest BCUT2D eigenvalue weighted by Crippen LogP contribution is -2.34. The molecule has 1 amide bonds. The molecule has 0 saturated carbocycles. The standard InChI is InChI=1S/C14H20N2O4S/c1-3-20-11-6-4-10(5-7-11)16-13(17)9-21-8-12(15)14(18)19-2/h4-7,12H,3,8-9,15H2,1-2H3,(H,16,17). The third-order valence-corrected chi connectivity index (χ3v) is 3.54. The van der Waals surface area contributed by atoms with Crippen LogP contribution < -0.4 is 15.8 Å². The number of rotatable bonds is 8. The zero-order chi connectivity index (χ0) is 15.7. The summed E-state index contributed by atoms with van der Waals surface area (Å²) >= 11 is 1.28. The van der Waals surface area contributed by atoms with Crippen molar-refractivity contribution >= 4 is 29.3 Å². The van der Waals surface area contributed by atoms with Crippen LogP contribution in [0.15, 0.2) is 24.3 Å². The molecule has 0 heterocycles. The lowest BCUT2D eigenvalue weighted by molar-refractivity contribution is -0.141. The van der Waals surface area contributed by atoms with Crippen molar-refractivity contribution in [3.63, 3.8) is 0 Å². The van der Waals surface area contributed by atoms with Gasteiger partial charge in [0.25, 0.3) is 0 Å². The number of carbonyl (C=O) groups excluding carboxylic acids is 2. The van der Waals surface area contributed by atoms with Crippen LogP contribution in [0.4, 0.5) is 5.69 Å². The second-order valence-electron chi connectivity index (χ2n) is 4.15. The zero-order valence-corrected chi connectivity index (χ0v) is 12.9. The first-order valence-electron chi connectivity index (χ1n) is 6.50. The number of nitrogens with one attached hydrogen (secondary N) is 1. The van der Waals surface area contributed by atoms with Crippen LogP contribution in [-0.2, 0) is 14.3 Å². The molecule has 0 radical (unpaired) electrons. The van der Waals surface area contributed by atoms with Crippen molar-refractivity contribution < 1.29 is 19.1 Å². The summed E-state index contributed by atoms with van der Waals surface area (Å²) in [6.45, 7) is 2.51. The molecule has 0 fully saturated rings. The van der Waals surface area contributed by atoms with Gasteiger partial charge < -0.3 is 20.5 Å². The topological polar surface area (TPSA) is 90.6 Å². The van der Waals surface area contributed by atoms with Gasteiger partial charge in [0, 0.05) is 11.4 Å². The van der Waals surface area contributed by atoms with Crippen LogP contribution in [0.25, 0.3) is 0 Å². The molecule has 1 rings (SSSR count). The molecule has 21 heavy (non-hydrogen) atoms. The van der Waals surface area contributed by atoms with Gasteiger partial charge in [-0.2, -0.15) is 0 Å². The van der Waals surface area contributed by atoms with Gasteiger partial charge in [-0.15, -0.1) is 11.8 Å². The molecule has 0 aromatic heterocycles. The van der Waals surface area contributed by atoms with Crippen LogP contribution in [0, 0.1) is 0 Å². The normalized spacial score (nSPS) is 11.6. The summed E-state index contributed by atoms with van der Waals surface area (Å²) in [7, 11) is 1.28. The minimum atomic E-state index is -0.710. The van der Waals surface area contributed by atoms with Crippen molar-refractivity contribution in [1.29, 1.82) is 0 Å². The number of hydrogen-bond acceptors (Lipinski definition) is 6. The van der Waals surface area contributed by atoms with Gasteiger partial charge in [-0.05, 0) is 31.2 Å². The van der Waals surface area contributed by atoms with E-state index >= 15 is 0 Å². The molecule has 1 unspecified atom stereocenters. The molecule has 1 aromatic carbocycles. The molecule has 3 N–H and O–H groups in total. The molecule has 116 valence electrons. The van der Waals surface area contributed by atoms with Gasteiger partial charge in [-0.1, -0.05) is 0 Å². The minimum absolute atomic E-state index is 0.152. The van der Waals surface area contributed by atoms with Crippen molar-refractivity contribution in [3.05, 3.63) is 24.3 Å². The first-order chi connectivity index (χ1) is 10.1. The average molecular weight is 312 g/mol. The van der Waals surface area contributed by atoms with E-state index < -0.39 is 12.0 Å². The summed E-state index contributed by atoms with van der Waals surface area (Å²) in [5.74, 6) is 0.686. The van der Waals surface area contributed by atoms with E-state index in [0.717, 1.165) is 5.75 Å². The second-order valence-corrected chi connectivity index (χ2v) is 5.18. The molecule has 0 spiro atoms. The summed E-state index contributed by atoms with van der Waals surface area (Å²) in [5, 5.41) is 2.76. The van der Waals surface area contributed by atoms with Crippen molar-refractivity contribution in [2.75, 3.05) is 30.5 Å². The highest BCUT2D eigenvalue weighted by molar-refractivity contribution is 8.00. The Bertz CT molecular complexity index is 465. The number of ether oxygens (including phenoxy) is 2. The zero-order valence-electron chi connectivity index (χ0n) is 12.1. The average Bonchev–Trinajstić information content (AvgIpc) is 2.48. The quantitative estimate of drug-likeness (QED) is 0.702. The van der Waals surface area contributed by atoms with E-state index in [9.17, 15) is 9.59 Å². The lowest BCUT2D eigenvalue weighted by Gasteiger charge is -2.09. The SMILES string of the molecule is CCOc1ccc(NC(=O)CSCC(N)C(=O)OC)cc1. The van der Waals surface area contributed by atoms with Crippen LogP contribution >= 0.6 is 11.8 Å². The Kier molecular flexibility index (Phi) is 7.63.